The van der Waals surface area contributed by atoms with Gasteiger partial charge in [0.25, 0.3) is 0 Å². The third-order valence-electron chi connectivity index (χ3n) is 5.48. The Morgan fingerprint density at radius 3 is 1.52 bits per heavy atom. The van der Waals surface area contributed by atoms with Gasteiger partial charge >= 0.3 is 0 Å². The van der Waals surface area contributed by atoms with E-state index < -0.39 is 0 Å². The molecular formula is C21H26NO+. The second-order valence-corrected chi connectivity index (χ2v) is 6.94. The number of aryl methyl sites for hydroxylation is 2. The van der Waals surface area contributed by atoms with E-state index in [1.165, 1.54) is 22.3 Å². The number of carbonyl (C=O) groups is 1. The lowest BCUT2D eigenvalue weighted by atomic mass is 9.75. The van der Waals surface area contributed by atoms with Gasteiger partial charge in [-0.25, -0.2) is 0 Å². The summed E-state index contributed by atoms with van der Waals surface area (Å²) in [6, 6.07) is 17.3. The summed E-state index contributed by atoms with van der Waals surface area (Å²) in [6.07, 6.45) is 0. The van der Waals surface area contributed by atoms with Crippen molar-refractivity contribution in [1.29, 1.82) is 0 Å². The number of benzene rings is 2. The monoisotopic (exact) mass is 308 g/mol. The molecule has 23 heavy (non-hydrogen) atoms. The minimum absolute atomic E-state index is 0.0476. The molecule has 1 saturated heterocycles. The highest BCUT2D eigenvalue weighted by Gasteiger charge is 2.44. The molecule has 0 amide bonds. The van der Waals surface area contributed by atoms with E-state index in [9.17, 15) is 4.79 Å². The molecule has 3 rings (SSSR count). The first kappa shape index (κ1) is 15.9. The van der Waals surface area contributed by atoms with E-state index in [1.807, 2.05) is 0 Å². The number of hydrogen-bond donors (Lipinski definition) is 1. The number of Topliss-reactive ketones (excluding diaryl/α,β-unsaturated/α-hetero) is 1. The Hall–Kier alpha value is -1.93. The molecule has 0 spiro atoms. The minimum Gasteiger partial charge on any atom is -0.333 e. The number of piperidine rings is 1. The molecule has 2 aromatic rings. The molecule has 1 fully saturated rings. The lowest BCUT2D eigenvalue weighted by Gasteiger charge is -2.37. The van der Waals surface area contributed by atoms with Crippen LogP contribution in [0.15, 0.2) is 48.5 Å². The van der Waals surface area contributed by atoms with E-state index in [-0.39, 0.29) is 23.9 Å². The van der Waals surface area contributed by atoms with Crippen molar-refractivity contribution in [2.24, 2.45) is 11.8 Å². The maximum Gasteiger partial charge on any atom is 0.151 e. The Kier molecular flexibility index (Phi) is 4.36. The Bertz CT molecular complexity index is 662. The van der Waals surface area contributed by atoms with Crippen molar-refractivity contribution in [3.05, 3.63) is 70.8 Å². The second kappa shape index (κ2) is 6.29. The summed E-state index contributed by atoms with van der Waals surface area (Å²) in [5.41, 5.74) is 5.12. The lowest BCUT2D eigenvalue weighted by molar-refractivity contribution is -0.748. The molecule has 0 radical (unpaired) electrons. The number of ketones is 1. The quantitative estimate of drug-likeness (QED) is 0.905. The highest BCUT2D eigenvalue weighted by atomic mass is 16.1. The molecule has 0 aromatic heterocycles. The Labute approximate surface area is 138 Å². The topological polar surface area (TPSA) is 33.7 Å². The normalized spacial score (nSPS) is 27.9. The fourth-order valence-corrected chi connectivity index (χ4v) is 3.99. The molecule has 1 aliphatic heterocycles. The summed E-state index contributed by atoms with van der Waals surface area (Å²) in [5, 5.41) is 2.42. The Morgan fingerprint density at radius 1 is 0.739 bits per heavy atom. The Morgan fingerprint density at radius 2 is 1.13 bits per heavy atom. The van der Waals surface area contributed by atoms with E-state index >= 15 is 0 Å². The van der Waals surface area contributed by atoms with Crippen LogP contribution in [0.2, 0.25) is 0 Å². The smallest absolute Gasteiger partial charge is 0.151 e. The largest absolute Gasteiger partial charge is 0.333 e. The van der Waals surface area contributed by atoms with Crippen LogP contribution in [0.25, 0.3) is 0 Å². The third-order valence-corrected chi connectivity index (χ3v) is 5.48. The van der Waals surface area contributed by atoms with Gasteiger partial charge in [0.1, 0.15) is 12.1 Å². The summed E-state index contributed by atoms with van der Waals surface area (Å²) >= 11 is 0. The third kappa shape index (κ3) is 2.84. The number of hydrogen-bond acceptors (Lipinski definition) is 1. The minimum atomic E-state index is 0.0476. The first-order valence-corrected chi connectivity index (χ1v) is 8.50. The van der Waals surface area contributed by atoms with Crippen molar-refractivity contribution in [3.8, 4) is 0 Å². The van der Waals surface area contributed by atoms with Crippen molar-refractivity contribution >= 4 is 5.78 Å². The van der Waals surface area contributed by atoms with Gasteiger partial charge in [-0.2, -0.15) is 0 Å². The van der Waals surface area contributed by atoms with Gasteiger partial charge < -0.3 is 5.32 Å². The van der Waals surface area contributed by atoms with Crippen LogP contribution >= 0.6 is 0 Å². The maximum absolute atomic E-state index is 12.9. The number of nitrogens with two attached hydrogens (primary N) is 1. The summed E-state index contributed by atoms with van der Waals surface area (Å²) in [5.74, 6) is 0.478. The van der Waals surface area contributed by atoms with E-state index in [0.29, 0.717) is 5.78 Å². The highest BCUT2D eigenvalue weighted by Crippen LogP contribution is 2.34. The van der Waals surface area contributed by atoms with Gasteiger partial charge in [-0.3, -0.25) is 4.79 Å². The van der Waals surface area contributed by atoms with Crippen LogP contribution in [0.3, 0.4) is 0 Å². The fraction of sp³-hybridized carbons (Fsp3) is 0.381. The molecule has 120 valence electrons. The number of carbonyl (C=O) groups excluding carboxylic acids is 1. The van der Waals surface area contributed by atoms with Crippen molar-refractivity contribution < 1.29 is 10.1 Å². The van der Waals surface area contributed by atoms with Crippen LogP contribution in [0.4, 0.5) is 0 Å². The van der Waals surface area contributed by atoms with Gasteiger partial charge in [-0.1, -0.05) is 48.5 Å². The summed E-state index contributed by atoms with van der Waals surface area (Å²) in [4.78, 5) is 12.9. The van der Waals surface area contributed by atoms with Crippen LogP contribution < -0.4 is 5.32 Å². The zero-order valence-electron chi connectivity index (χ0n) is 14.4. The van der Waals surface area contributed by atoms with Crippen molar-refractivity contribution in [2.75, 3.05) is 0 Å². The molecule has 1 aliphatic rings. The molecule has 0 unspecified atom stereocenters. The molecule has 0 aliphatic carbocycles. The standard InChI is InChI=1S/C21H25NO/c1-13-9-5-7-11-17(13)19-15(3)21(23)16(4)20(22-19)18-12-8-6-10-14(18)2/h5-12,15-16,19-20,22H,1-4H3/p+1/t15-,16-,19-,20+/m1/s1. The van der Waals surface area contributed by atoms with E-state index in [1.54, 1.807) is 0 Å². The first-order chi connectivity index (χ1) is 11.0. The van der Waals surface area contributed by atoms with Gasteiger partial charge in [0.15, 0.2) is 5.78 Å². The van der Waals surface area contributed by atoms with E-state index in [0.717, 1.165) is 0 Å². The van der Waals surface area contributed by atoms with Gasteiger partial charge in [-0.05, 0) is 38.8 Å². The molecule has 2 heteroatoms. The predicted octanol–water partition coefficient (Wildman–Crippen LogP) is 3.50. The van der Waals surface area contributed by atoms with Crippen molar-refractivity contribution in [1.82, 2.24) is 0 Å². The highest BCUT2D eigenvalue weighted by molar-refractivity contribution is 5.84. The summed E-state index contributed by atoms with van der Waals surface area (Å²) in [6.45, 7) is 8.45. The van der Waals surface area contributed by atoms with E-state index in [2.05, 4.69) is 81.5 Å². The first-order valence-electron chi connectivity index (χ1n) is 8.50. The molecule has 2 N–H and O–H groups in total. The molecule has 4 atom stereocenters. The Balaban J connectivity index is 2.02. The van der Waals surface area contributed by atoms with Crippen LogP contribution in [-0.2, 0) is 4.79 Å². The molecule has 1 heterocycles. The average Bonchev–Trinajstić information content (AvgIpc) is 2.55. The van der Waals surface area contributed by atoms with Gasteiger partial charge in [0.05, 0.1) is 11.8 Å². The van der Waals surface area contributed by atoms with Gasteiger partial charge in [0, 0.05) is 11.1 Å². The second-order valence-electron chi connectivity index (χ2n) is 6.94. The van der Waals surface area contributed by atoms with Crippen molar-refractivity contribution in [3.63, 3.8) is 0 Å². The molecule has 2 aromatic carbocycles. The zero-order chi connectivity index (χ0) is 16.6. The SMILES string of the molecule is Cc1ccccc1[C@H]1[NH2+][C@@H](c2ccccc2C)[C@@H](C)C(=O)[C@@H]1C. The summed E-state index contributed by atoms with van der Waals surface area (Å²) in [7, 11) is 0. The zero-order valence-corrected chi connectivity index (χ0v) is 14.4. The molecule has 0 saturated carbocycles. The van der Waals surface area contributed by atoms with Gasteiger partial charge in [0.2, 0.25) is 0 Å². The van der Waals surface area contributed by atoms with Gasteiger partial charge in [-0.15, -0.1) is 0 Å². The maximum atomic E-state index is 12.9. The van der Waals surface area contributed by atoms with Crippen LogP contribution in [0.5, 0.6) is 0 Å². The van der Waals surface area contributed by atoms with E-state index in [4.69, 9.17) is 0 Å². The summed E-state index contributed by atoms with van der Waals surface area (Å²) < 4.78 is 0. The predicted molar refractivity (Wildman–Crippen MR) is 93.1 cm³/mol. The lowest BCUT2D eigenvalue weighted by Crippen LogP contribution is -2.91. The van der Waals surface area contributed by atoms with Crippen LogP contribution in [0.1, 0.15) is 48.2 Å². The van der Waals surface area contributed by atoms with Crippen LogP contribution in [-0.4, -0.2) is 5.78 Å². The number of rotatable bonds is 2. The molecular weight excluding hydrogens is 282 g/mol. The van der Waals surface area contributed by atoms with Crippen LogP contribution in [0, 0.1) is 25.7 Å². The van der Waals surface area contributed by atoms with Crippen molar-refractivity contribution in [2.45, 2.75) is 39.8 Å². The average molecular weight is 308 g/mol. The fourth-order valence-electron chi connectivity index (χ4n) is 3.99. The number of quaternary nitrogens is 1. The molecule has 2 nitrogen and oxygen atoms in total. The molecule has 0 bridgehead atoms.